The van der Waals surface area contributed by atoms with E-state index in [1.165, 1.54) is 7.11 Å². The summed E-state index contributed by atoms with van der Waals surface area (Å²) in [6.07, 6.45) is 0.480. The number of carbonyl (C=O) groups excluding carboxylic acids is 1. The first-order valence-electron chi connectivity index (χ1n) is 6.53. The zero-order valence-corrected chi connectivity index (χ0v) is 11.8. The molecule has 1 aromatic rings. The van der Waals surface area contributed by atoms with Crippen LogP contribution in [0, 0.1) is 5.92 Å². The molecule has 0 radical (unpaired) electrons. The highest BCUT2D eigenvalue weighted by Gasteiger charge is 2.42. The number of rotatable bonds is 7. The number of aliphatic hydroxyl groups is 1. The van der Waals surface area contributed by atoms with Gasteiger partial charge in [0.1, 0.15) is 5.60 Å². The van der Waals surface area contributed by atoms with Crippen LogP contribution in [0.4, 0.5) is 0 Å². The van der Waals surface area contributed by atoms with Gasteiger partial charge in [0.15, 0.2) is 0 Å². The Kier molecular flexibility index (Phi) is 5.99. The Hall–Kier alpha value is -1.39. The Labute approximate surface area is 114 Å². The predicted molar refractivity (Wildman–Crippen MR) is 72.6 cm³/mol. The van der Waals surface area contributed by atoms with E-state index in [2.05, 4.69) is 0 Å². The smallest absolute Gasteiger partial charge is 0.312 e. The standard InChI is InChI=1S/C15H22O4/c1-4-13(14(16)19-5-2)15(17,11-18-3)12-9-7-6-8-10-12/h6-10,13,17H,4-5,11H2,1-3H3. The third-order valence-electron chi connectivity index (χ3n) is 3.19. The van der Waals surface area contributed by atoms with E-state index in [-0.39, 0.29) is 6.61 Å². The van der Waals surface area contributed by atoms with Crippen LogP contribution in [0.2, 0.25) is 0 Å². The Bertz CT molecular complexity index is 390. The van der Waals surface area contributed by atoms with Crippen LogP contribution >= 0.6 is 0 Å². The van der Waals surface area contributed by atoms with Gasteiger partial charge in [-0.1, -0.05) is 37.3 Å². The highest BCUT2D eigenvalue weighted by atomic mass is 16.5. The Morgan fingerprint density at radius 2 is 1.95 bits per heavy atom. The number of esters is 1. The molecule has 2 atom stereocenters. The number of hydrogen-bond acceptors (Lipinski definition) is 4. The van der Waals surface area contributed by atoms with Crippen LogP contribution in [0.5, 0.6) is 0 Å². The lowest BCUT2D eigenvalue weighted by Gasteiger charge is -2.34. The molecule has 1 aromatic carbocycles. The fourth-order valence-corrected chi connectivity index (χ4v) is 2.27. The number of carbonyl (C=O) groups is 1. The molecule has 19 heavy (non-hydrogen) atoms. The second-order valence-electron chi connectivity index (χ2n) is 4.44. The van der Waals surface area contributed by atoms with Gasteiger partial charge in [-0.2, -0.15) is 0 Å². The highest BCUT2D eigenvalue weighted by molar-refractivity contribution is 5.74. The van der Waals surface area contributed by atoms with E-state index in [1.54, 1.807) is 19.1 Å². The first-order chi connectivity index (χ1) is 9.10. The molecule has 0 fully saturated rings. The van der Waals surface area contributed by atoms with E-state index in [0.717, 1.165) is 0 Å². The normalized spacial score (nSPS) is 15.6. The fourth-order valence-electron chi connectivity index (χ4n) is 2.27. The Morgan fingerprint density at radius 3 is 2.42 bits per heavy atom. The molecule has 4 nitrogen and oxygen atoms in total. The lowest BCUT2D eigenvalue weighted by Crippen LogP contribution is -2.44. The molecule has 0 aromatic heterocycles. The van der Waals surface area contributed by atoms with Gasteiger partial charge in [0.2, 0.25) is 0 Å². The van der Waals surface area contributed by atoms with Crippen LogP contribution in [-0.2, 0) is 19.9 Å². The minimum Gasteiger partial charge on any atom is -0.466 e. The van der Waals surface area contributed by atoms with Crippen molar-refractivity contribution in [2.45, 2.75) is 25.9 Å². The molecule has 4 heteroatoms. The molecule has 1 rings (SSSR count). The van der Waals surface area contributed by atoms with E-state index >= 15 is 0 Å². The van der Waals surface area contributed by atoms with Gasteiger partial charge < -0.3 is 14.6 Å². The summed E-state index contributed by atoms with van der Waals surface area (Å²) in [6, 6.07) is 9.10. The average Bonchev–Trinajstić information content (AvgIpc) is 2.41. The summed E-state index contributed by atoms with van der Waals surface area (Å²) in [7, 11) is 1.51. The molecule has 0 aliphatic carbocycles. The number of methoxy groups -OCH3 is 1. The quantitative estimate of drug-likeness (QED) is 0.768. The van der Waals surface area contributed by atoms with Gasteiger partial charge in [-0.05, 0) is 18.9 Å². The van der Waals surface area contributed by atoms with Crippen LogP contribution in [0.3, 0.4) is 0 Å². The topological polar surface area (TPSA) is 55.8 Å². The number of ether oxygens (including phenoxy) is 2. The first-order valence-corrected chi connectivity index (χ1v) is 6.53. The van der Waals surface area contributed by atoms with Crippen LogP contribution in [0.1, 0.15) is 25.8 Å². The van der Waals surface area contributed by atoms with Gasteiger partial charge in [-0.25, -0.2) is 0 Å². The molecule has 0 heterocycles. The molecule has 2 unspecified atom stereocenters. The molecule has 0 bridgehead atoms. The van der Waals surface area contributed by atoms with Crippen molar-refractivity contribution in [3.63, 3.8) is 0 Å². The average molecular weight is 266 g/mol. The van der Waals surface area contributed by atoms with Crippen molar-refractivity contribution in [2.24, 2.45) is 5.92 Å². The summed E-state index contributed by atoms with van der Waals surface area (Å²) >= 11 is 0. The van der Waals surface area contributed by atoms with Crippen molar-refractivity contribution in [1.82, 2.24) is 0 Å². The van der Waals surface area contributed by atoms with Gasteiger partial charge >= 0.3 is 5.97 Å². The zero-order valence-electron chi connectivity index (χ0n) is 11.8. The van der Waals surface area contributed by atoms with Gasteiger partial charge in [0.05, 0.1) is 19.1 Å². The lowest BCUT2D eigenvalue weighted by atomic mass is 9.80. The minimum absolute atomic E-state index is 0.0499. The largest absolute Gasteiger partial charge is 0.466 e. The summed E-state index contributed by atoms with van der Waals surface area (Å²) in [5, 5.41) is 10.9. The van der Waals surface area contributed by atoms with Gasteiger partial charge in [-0.15, -0.1) is 0 Å². The third-order valence-corrected chi connectivity index (χ3v) is 3.19. The Balaban J connectivity index is 3.12. The van der Waals surface area contributed by atoms with Crippen molar-refractivity contribution >= 4 is 5.97 Å². The molecule has 0 spiro atoms. The molecule has 1 N–H and O–H groups in total. The lowest BCUT2D eigenvalue weighted by molar-refractivity contribution is -0.164. The highest BCUT2D eigenvalue weighted by Crippen LogP contribution is 2.33. The SMILES string of the molecule is CCOC(=O)C(CC)C(O)(COC)c1ccccc1. The van der Waals surface area contributed by atoms with E-state index in [0.29, 0.717) is 18.6 Å². The maximum Gasteiger partial charge on any atom is 0.312 e. The third kappa shape index (κ3) is 3.55. The molecular formula is C15H22O4. The Morgan fingerprint density at radius 1 is 1.32 bits per heavy atom. The maximum absolute atomic E-state index is 12.0. The molecule has 106 valence electrons. The van der Waals surface area contributed by atoms with E-state index < -0.39 is 17.5 Å². The van der Waals surface area contributed by atoms with E-state index in [4.69, 9.17) is 9.47 Å². The first kappa shape index (κ1) is 15.7. The van der Waals surface area contributed by atoms with E-state index in [9.17, 15) is 9.90 Å². The van der Waals surface area contributed by atoms with Gasteiger partial charge in [0.25, 0.3) is 0 Å². The van der Waals surface area contributed by atoms with Gasteiger partial charge in [0, 0.05) is 7.11 Å². The summed E-state index contributed by atoms with van der Waals surface area (Å²) in [4.78, 5) is 12.0. The zero-order chi connectivity index (χ0) is 14.3. The van der Waals surface area contributed by atoms with Crippen molar-refractivity contribution < 1.29 is 19.4 Å². The summed E-state index contributed by atoms with van der Waals surface area (Å²) in [6.45, 7) is 3.95. The van der Waals surface area contributed by atoms with E-state index in [1.807, 2.05) is 25.1 Å². The maximum atomic E-state index is 12.0. The summed E-state index contributed by atoms with van der Waals surface area (Å²) in [5.41, 5.74) is -0.700. The van der Waals surface area contributed by atoms with Crippen molar-refractivity contribution in [3.8, 4) is 0 Å². The summed E-state index contributed by atoms with van der Waals surface area (Å²) < 4.78 is 10.2. The van der Waals surface area contributed by atoms with Crippen LogP contribution in [-0.4, -0.2) is 31.4 Å². The second kappa shape index (κ2) is 7.26. The second-order valence-corrected chi connectivity index (χ2v) is 4.44. The molecular weight excluding hydrogens is 244 g/mol. The number of benzene rings is 1. The van der Waals surface area contributed by atoms with Crippen LogP contribution in [0.15, 0.2) is 30.3 Å². The van der Waals surface area contributed by atoms with Crippen LogP contribution < -0.4 is 0 Å². The van der Waals surface area contributed by atoms with Crippen molar-refractivity contribution in [1.29, 1.82) is 0 Å². The summed E-state index contributed by atoms with van der Waals surface area (Å²) in [5.74, 6) is -1.04. The molecule has 0 aliphatic rings. The molecule has 0 saturated heterocycles. The van der Waals surface area contributed by atoms with Crippen LogP contribution in [0.25, 0.3) is 0 Å². The van der Waals surface area contributed by atoms with Gasteiger partial charge in [-0.3, -0.25) is 4.79 Å². The minimum atomic E-state index is -1.36. The predicted octanol–water partition coefficient (Wildman–Crippen LogP) is 2.11. The van der Waals surface area contributed by atoms with Crippen molar-refractivity contribution in [3.05, 3.63) is 35.9 Å². The number of hydrogen-bond donors (Lipinski definition) is 1. The molecule has 0 amide bonds. The molecule has 0 aliphatic heterocycles. The van der Waals surface area contributed by atoms with Crippen molar-refractivity contribution in [2.75, 3.05) is 20.3 Å². The monoisotopic (exact) mass is 266 g/mol. The molecule has 0 saturated carbocycles. The fraction of sp³-hybridized carbons (Fsp3) is 0.533.